The van der Waals surface area contributed by atoms with Crippen LogP contribution < -0.4 is 4.31 Å². The van der Waals surface area contributed by atoms with Crippen molar-refractivity contribution in [3.05, 3.63) is 29.3 Å². The van der Waals surface area contributed by atoms with E-state index in [9.17, 15) is 18.0 Å². The molecule has 1 aromatic carbocycles. The highest BCUT2D eigenvalue weighted by Crippen LogP contribution is 2.30. The van der Waals surface area contributed by atoms with Crippen molar-refractivity contribution in [2.75, 3.05) is 36.8 Å². The molecule has 0 bridgehead atoms. The lowest BCUT2D eigenvalue weighted by molar-refractivity contribution is -0.146. The van der Waals surface area contributed by atoms with Crippen LogP contribution in [-0.2, 0) is 30.7 Å². The summed E-state index contributed by atoms with van der Waals surface area (Å²) in [6.07, 6.45) is 1.58. The molecule has 2 atom stereocenters. The number of rotatable bonds is 4. The summed E-state index contributed by atoms with van der Waals surface area (Å²) < 4.78 is 35.6. The molecule has 1 saturated heterocycles. The second kappa shape index (κ2) is 7.47. The van der Waals surface area contributed by atoms with Crippen LogP contribution >= 0.6 is 0 Å². The molecule has 0 saturated carbocycles. The van der Waals surface area contributed by atoms with Gasteiger partial charge in [0, 0.05) is 19.6 Å². The first-order chi connectivity index (χ1) is 12.6. The van der Waals surface area contributed by atoms with Crippen molar-refractivity contribution in [2.24, 2.45) is 0 Å². The number of sulfonamides is 1. The van der Waals surface area contributed by atoms with Crippen LogP contribution in [0, 0.1) is 0 Å². The van der Waals surface area contributed by atoms with Crippen molar-refractivity contribution in [1.82, 2.24) is 4.90 Å². The second-order valence-corrected chi connectivity index (χ2v) is 8.97. The first-order valence-corrected chi connectivity index (χ1v) is 10.7. The SMILES string of the molecule is C[C@@H]1CN(C(=O)COC(=O)c2ccc3c(c2)CCN3S(C)(=O)=O)C[C@H](C)O1. The smallest absolute Gasteiger partial charge is 0.338 e. The topological polar surface area (TPSA) is 93.2 Å². The molecule has 3 rings (SSSR count). The average molecular weight is 396 g/mol. The summed E-state index contributed by atoms with van der Waals surface area (Å²) in [6.45, 7) is 4.77. The molecule has 148 valence electrons. The van der Waals surface area contributed by atoms with Crippen molar-refractivity contribution in [3.63, 3.8) is 0 Å². The number of nitrogens with zero attached hydrogens (tertiary/aromatic N) is 2. The zero-order valence-corrected chi connectivity index (χ0v) is 16.5. The number of ether oxygens (including phenoxy) is 2. The number of benzene rings is 1. The van der Waals surface area contributed by atoms with Gasteiger partial charge in [0.25, 0.3) is 5.91 Å². The zero-order valence-electron chi connectivity index (χ0n) is 15.7. The largest absolute Gasteiger partial charge is 0.452 e. The predicted octanol–water partition coefficient (Wildman–Crippen LogP) is 0.801. The minimum Gasteiger partial charge on any atom is -0.452 e. The number of esters is 1. The number of carbonyl (C=O) groups excluding carboxylic acids is 2. The van der Waals surface area contributed by atoms with Crippen LogP contribution in [0.1, 0.15) is 29.8 Å². The van der Waals surface area contributed by atoms with E-state index in [-0.39, 0.29) is 24.7 Å². The molecule has 1 amide bonds. The highest BCUT2D eigenvalue weighted by molar-refractivity contribution is 7.92. The van der Waals surface area contributed by atoms with E-state index in [1.807, 2.05) is 13.8 Å². The summed E-state index contributed by atoms with van der Waals surface area (Å²) >= 11 is 0. The molecule has 8 nitrogen and oxygen atoms in total. The van der Waals surface area contributed by atoms with Gasteiger partial charge in [-0.25, -0.2) is 13.2 Å². The first kappa shape index (κ1) is 19.6. The molecular weight excluding hydrogens is 372 g/mol. The highest BCUT2D eigenvalue weighted by Gasteiger charge is 2.28. The van der Waals surface area contributed by atoms with Crippen LogP contribution in [0.25, 0.3) is 0 Å². The van der Waals surface area contributed by atoms with Gasteiger partial charge in [-0.3, -0.25) is 9.10 Å². The fourth-order valence-corrected chi connectivity index (χ4v) is 4.48. The molecule has 1 fully saturated rings. The van der Waals surface area contributed by atoms with E-state index in [1.165, 1.54) is 10.4 Å². The summed E-state index contributed by atoms with van der Waals surface area (Å²) in [4.78, 5) is 26.2. The van der Waals surface area contributed by atoms with Crippen molar-refractivity contribution in [1.29, 1.82) is 0 Å². The van der Waals surface area contributed by atoms with Gasteiger partial charge in [0.2, 0.25) is 10.0 Å². The van der Waals surface area contributed by atoms with Crippen molar-refractivity contribution in [3.8, 4) is 0 Å². The Morgan fingerprint density at radius 2 is 1.89 bits per heavy atom. The van der Waals surface area contributed by atoms with Gasteiger partial charge in [-0.2, -0.15) is 0 Å². The van der Waals surface area contributed by atoms with E-state index in [2.05, 4.69) is 0 Å². The van der Waals surface area contributed by atoms with E-state index < -0.39 is 16.0 Å². The lowest BCUT2D eigenvalue weighted by Crippen LogP contribution is -2.49. The summed E-state index contributed by atoms with van der Waals surface area (Å²) in [5, 5.41) is 0. The standard InChI is InChI=1S/C18H24N2O6S/c1-12-9-19(10-13(2)26-12)17(21)11-25-18(22)15-4-5-16-14(8-15)6-7-20(16)27(3,23)24/h4-5,8,12-13H,6-7,9-11H2,1-3H3/t12-,13+. The molecule has 1 aromatic rings. The molecule has 0 aliphatic carbocycles. The lowest BCUT2D eigenvalue weighted by Gasteiger charge is -2.35. The van der Waals surface area contributed by atoms with Gasteiger partial charge < -0.3 is 14.4 Å². The molecule has 27 heavy (non-hydrogen) atoms. The first-order valence-electron chi connectivity index (χ1n) is 8.86. The molecule has 9 heteroatoms. The summed E-state index contributed by atoms with van der Waals surface area (Å²) in [7, 11) is -3.34. The Hall–Kier alpha value is -2.13. The molecule has 0 radical (unpaired) electrons. The molecule has 0 N–H and O–H groups in total. The van der Waals surface area contributed by atoms with Crippen molar-refractivity contribution < 1.29 is 27.5 Å². The van der Waals surface area contributed by atoms with Crippen LogP contribution in [0.2, 0.25) is 0 Å². The van der Waals surface area contributed by atoms with E-state index in [0.29, 0.717) is 37.3 Å². The molecular formula is C18H24N2O6S. The van der Waals surface area contributed by atoms with Crippen LogP contribution in [0.4, 0.5) is 5.69 Å². The maximum Gasteiger partial charge on any atom is 0.338 e. The van der Waals surface area contributed by atoms with Crippen LogP contribution in [0.15, 0.2) is 18.2 Å². The van der Waals surface area contributed by atoms with E-state index >= 15 is 0 Å². The quantitative estimate of drug-likeness (QED) is 0.699. The predicted molar refractivity (Wildman–Crippen MR) is 99.2 cm³/mol. The molecule has 0 spiro atoms. The van der Waals surface area contributed by atoms with Gasteiger partial charge in [0.15, 0.2) is 6.61 Å². The van der Waals surface area contributed by atoms with E-state index in [4.69, 9.17) is 9.47 Å². The summed E-state index contributed by atoms with van der Waals surface area (Å²) in [6, 6.07) is 4.76. The Morgan fingerprint density at radius 1 is 1.22 bits per heavy atom. The minimum absolute atomic E-state index is 0.0529. The Kier molecular flexibility index (Phi) is 5.43. The third kappa shape index (κ3) is 4.41. The number of morpholine rings is 1. The van der Waals surface area contributed by atoms with Gasteiger partial charge in [-0.1, -0.05) is 0 Å². The van der Waals surface area contributed by atoms with Gasteiger partial charge >= 0.3 is 5.97 Å². The summed E-state index contributed by atoms with van der Waals surface area (Å²) in [5.74, 6) is -0.854. The van der Waals surface area contributed by atoms with Crippen molar-refractivity contribution >= 4 is 27.6 Å². The van der Waals surface area contributed by atoms with Gasteiger partial charge in [0.05, 0.1) is 29.7 Å². The average Bonchev–Trinajstić information content (AvgIpc) is 3.01. The number of fused-ring (bicyclic) bond motifs is 1. The molecule has 0 unspecified atom stereocenters. The number of hydrogen-bond acceptors (Lipinski definition) is 6. The van der Waals surface area contributed by atoms with Gasteiger partial charge in [-0.05, 0) is 44.0 Å². The van der Waals surface area contributed by atoms with Crippen LogP contribution in [0.3, 0.4) is 0 Å². The monoisotopic (exact) mass is 396 g/mol. The molecule has 0 aromatic heterocycles. The maximum atomic E-state index is 12.3. The fourth-order valence-electron chi connectivity index (χ4n) is 3.53. The summed E-state index contributed by atoms with van der Waals surface area (Å²) in [5.41, 5.74) is 1.67. The molecule has 2 aliphatic rings. The maximum absolute atomic E-state index is 12.3. The van der Waals surface area contributed by atoms with Gasteiger partial charge in [-0.15, -0.1) is 0 Å². The van der Waals surface area contributed by atoms with E-state index in [1.54, 1.807) is 17.0 Å². The number of anilines is 1. The fraction of sp³-hybridized carbons (Fsp3) is 0.556. The van der Waals surface area contributed by atoms with Gasteiger partial charge in [0.1, 0.15) is 0 Å². The Bertz CT molecular complexity index is 843. The Morgan fingerprint density at radius 3 is 2.52 bits per heavy atom. The molecule has 2 aliphatic heterocycles. The minimum atomic E-state index is -3.34. The van der Waals surface area contributed by atoms with Crippen LogP contribution in [0.5, 0.6) is 0 Å². The lowest BCUT2D eigenvalue weighted by atomic mass is 10.1. The number of carbonyl (C=O) groups is 2. The van der Waals surface area contributed by atoms with Crippen molar-refractivity contribution in [2.45, 2.75) is 32.5 Å². The number of hydrogen-bond donors (Lipinski definition) is 0. The number of amides is 1. The second-order valence-electron chi connectivity index (χ2n) is 7.06. The zero-order chi connectivity index (χ0) is 19.8. The Labute approximate surface area is 159 Å². The third-order valence-corrected chi connectivity index (χ3v) is 5.85. The van der Waals surface area contributed by atoms with Crippen LogP contribution in [-0.4, -0.2) is 69.9 Å². The Balaban J connectivity index is 1.61. The molecule has 2 heterocycles. The van der Waals surface area contributed by atoms with E-state index in [0.717, 1.165) is 11.8 Å². The third-order valence-electron chi connectivity index (χ3n) is 4.67. The normalized spacial score (nSPS) is 22.5. The highest BCUT2D eigenvalue weighted by atomic mass is 32.2.